The van der Waals surface area contributed by atoms with Gasteiger partial charge in [-0.15, -0.1) is 24.0 Å². The van der Waals surface area contributed by atoms with Crippen molar-refractivity contribution < 1.29 is 0 Å². The predicted octanol–water partition coefficient (Wildman–Crippen LogP) is 1.55. The number of nitrogens with two attached hydrogens (primary N) is 1. The first kappa shape index (κ1) is 15.3. The average Bonchev–Trinajstić information content (AvgIpc) is 2.83. The molecule has 6 heteroatoms. The molecule has 0 atom stereocenters. The summed E-state index contributed by atoms with van der Waals surface area (Å²) >= 11 is 0. The van der Waals surface area contributed by atoms with Crippen LogP contribution in [0.15, 0.2) is 23.5 Å². The highest BCUT2D eigenvalue weighted by Gasteiger charge is 2.16. The van der Waals surface area contributed by atoms with Crippen LogP contribution in [0.4, 0.5) is 0 Å². The van der Waals surface area contributed by atoms with Gasteiger partial charge in [-0.25, -0.2) is 0 Å². The number of hydrogen-bond acceptors (Lipinski definition) is 2. The van der Waals surface area contributed by atoms with Crippen LogP contribution in [0.2, 0.25) is 0 Å². The van der Waals surface area contributed by atoms with Crippen LogP contribution in [0, 0.1) is 5.92 Å². The van der Waals surface area contributed by atoms with Gasteiger partial charge in [-0.3, -0.25) is 9.67 Å². The molecule has 18 heavy (non-hydrogen) atoms. The van der Waals surface area contributed by atoms with E-state index in [-0.39, 0.29) is 24.0 Å². The van der Waals surface area contributed by atoms with Gasteiger partial charge in [0.15, 0.2) is 5.96 Å². The quantitative estimate of drug-likeness (QED) is 0.504. The summed E-state index contributed by atoms with van der Waals surface area (Å²) in [7, 11) is 0. The fourth-order valence-corrected chi connectivity index (χ4v) is 2.04. The second-order valence-corrected chi connectivity index (χ2v) is 4.68. The summed E-state index contributed by atoms with van der Waals surface area (Å²) in [5.74, 6) is 1.51. The summed E-state index contributed by atoms with van der Waals surface area (Å²) < 4.78 is 1.87. The molecular weight excluding hydrogens is 341 g/mol. The van der Waals surface area contributed by atoms with Crippen LogP contribution >= 0.6 is 24.0 Å². The van der Waals surface area contributed by atoms with Gasteiger partial charge < -0.3 is 10.6 Å². The van der Waals surface area contributed by atoms with E-state index in [1.807, 2.05) is 16.9 Å². The van der Waals surface area contributed by atoms with Gasteiger partial charge in [0, 0.05) is 25.5 Å². The van der Waals surface area contributed by atoms with Crippen molar-refractivity contribution in [3.05, 3.63) is 18.5 Å². The molecule has 1 aromatic heterocycles. The molecule has 5 nitrogen and oxygen atoms in total. The molecule has 0 amide bonds. The molecule has 2 heterocycles. The van der Waals surface area contributed by atoms with Crippen molar-refractivity contribution in [2.24, 2.45) is 16.6 Å². The van der Waals surface area contributed by atoms with Gasteiger partial charge in [0.2, 0.25) is 0 Å². The lowest BCUT2D eigenvalue weighted by Crippen LogP contribution is -2.42. The summed E-state index contributed by atoms with van der Waals surface area (Å²) in [5, 5.41) is 4.13. The number of likely N-dealkylation sites (tertiary alicyclic amines) is 1. The minimum atomic E-state index is 0. The van der Waals surface area contributed by atoms with Gasteiger partial charge in [-0.1, -0.05) is 6.92 Å². The number of hydrogen-bond donors (Lipinski definition) is 1. The fraction of sp³-hybridized carbons (Fsp3) is 0.667. The zero-order valence-electron chi connectivity index (χ0n) is 10.8. The fourth-order valence-electron chi connectivity index (χ4n) is 2.04. The molecule has 2 N–H and O–H groups in total. The highest BCUT2D eigenvalue weighted by Crippen LogP contribution is 2.15. The molecule has 2 rings (SSSR count). The van der Waals surface area contributed by atoms with Crippen molar-refractivity contribution in [1.82, 2.24) is 14.7 Å². The van der Waals surface area contributed by atoms with E-state index in [2.05, 4.69) is 21.9 Å². The van der Waals surface area contributed by atoms with Gasteiger partial charge in [0.05, 0.1) is 13.1 Å². The van der Waals surface area contributed by atoms with Crippen molar-refractivity contribution in [1.29, 1.82) is 0 Å². The van der Waals surface area contributed by atoms with E-state index in [4.69, 9.17) is 5.73 Å². The molecule has 0 saturated carbocycles. The average molecular weight is 363 g/mol. The van der Waals surface area contributed by atoms with Gasteiger partial charge in [-0.05, 0) is 24.8 Å². The Labute approximate surface area is 125 Å². The second kappa shape index (κ2) is 7.60. The highest BCUT2D eigenvalue weighted by molar-refractivity contribution is 14.0. The maximum Gasteiger partial charge on any atom is 0.191 e. The van der Waals surface area contributed by atoms with E-state index in [9.17, 15) is 0 Å². The van der Waals surface area contributed by atoms with Crippen molar-refractivity contribution in [3.8, 4) is 0 Å². The minimum Gasteiger partial charge on any atom is -0.370 e. The van der Waals surface area contributed by atoms with E-state index in [1.165, 1.54) is 12.8 Å². The second-order valence-electron chi connectivity index (χ2n) is 4.68. The molecule has 1 fully saturated rings. The third-order valence-electron chi connectivity index (χ3n) is 3.27. The maximum absolute atomic E-state index is 5.98. The smallest absolute Gasteiger partial charge is 0.191 e. The first-order chi connectivity index (χ1) is 8.25. The van der Waals surface area contributed by atoms with E-state index in [0.29, 0.717) is 12.5 Å². The Bertz CT molecular complexity index is 355. The van der Waals surface area contributed by atoms with Crippen molar-refractivity contribution in [2.75, 3.05) is 19.6 Å². The molecule has 0 aliphatic carbocycles. The molecule has 1 saturated heterocycles. The third-order valence-corrected chi connectivity index (χ3v) is 3.27. The molecule has 0 aromatic carbocycles. The first-order valence-corrected chi connectivity index (χ1v) is 6.28. The Hall–Kier alpha value is -0.790. The number of rotatable bonds is 3. The Morgan fingerprint density at radius 1 is 1.44 bits per heavy atom. The zero-order valence-corrected chi connectivity index (χ0v) is 13.2. The summed E-state index contributed by atoms with van der Waals surface area (Å²) in [5.41, 5.74) is 5.98. The molecule has 0 unspecified atom stereocenters. The monoisotopic (exact) mass is 363 g/mol. The van der Waals surface area contributed by atoms with Crippen LogP contribution in [-0.2, 0) is 6.54 Å². The standard InChI is InChI=1S/C12H21N5.HI/c1-11-3-8-16(9-4-11)12(13)14-6-10-17-7-2-5-15-17;/h2,5,7,11H,3-4,6,8-10H2,1H3,(H2,13,14);1H. The number of aliphatic imine (C=N–C) groups is 1. The maximum atomic E-state index is 5.98. The number of guanidine groups is 1. The Morgan fingerprint density at radius 2 is 2.17 bits per heavy atom. The van der Waals surface area contributed by atoms with Gasteiger partial charge >= 0.3 is 0 Å². The van der Waals surface area contributed by atoms with E-state index in [0.717, 1.165) is 25.6 Å². The molecule has 102 valence electrons. The molecule has 0 bridgehead atoms. The van der Waals surface area contributed by atoms with Crippen LogP contribution in [0.5, 0.6) is 0 Å². The van der Waals surface area contributed by atoms with E-state index < -0.39 is 0 Å². The molecular formula is C12H22IN5. The number of nitrogens with zero attached hydrogens (tertiary/aromatic N) is 4. The SMILES string of the molecule is CC1CCN(C(N)=NCCn2cccn2)CC1.I. The topological polar surface area (TPSA) is 59.4 Å². The van der Waals surface area contributed by atoms with Crippen LogP contribution in [-0.4, -0.2) is 40.3 Å². The van der Waals surface area contributed by atoms with Crippen LogP contribution < -0.4 is 5.73 Å². The Kier molecular flexibility index (Phi) is 6.45. The Balaban J connectivity index is 0.00000162. The number of halogens is 1. The predicted molar refractivity (Wildman–Crippen MR) is 84.1 cm³/mol. The van der Waals surface area contributed by atoms with Crippen LogP contribution in [0.3, 0.4) is 0 Å². The molecule has 1 aliphatic heterocycles. The molecule has 1 aliphatic rings. The summed E-state index contributed by atoms with van der Waals surface area (Å²) in [6.45, 7) is 5.86. The van der Waals surface area contributed by atoms with Crippen molar-refractivity contribution in [3.63, 3.8) is 0 Å². The van der Waals surface area contributed by atoms with E-state index >= 15 is 0 Å². The minimum absolute atomic E-state index is 0. The third kappa shape index (κ3) is 4.47. The summed E-state index contributed by atoms with van der Waals surface area (Å²) in [4.78, 5) is 6.59. The first-order valence-electron chi connectivity index (χ1n) is 6.28. The molecule has 0 spiro atoms. The van der Waals surface area contributed by atoms with Gasteiger partial charge in [0.1, 0.15) is 0 Å². The number of aromatic nitrogens is 2. The summed E-state index contributed by atoms with van der Waals surface area (Å²) in [6, 6.07) is 1.92. The number of piperidine rings is 1. The van der Waals surface area contributed by atoms with E-state index in [1.54, 1.807) is 6.20 Å². The lowest BCUT2D eigenvalue weighted by Gasteiger charge is -2.31. The zero-order chi connectivity index (χ0) is 12.1. The van der Waals surface area contributed by atoms with Crippen LogP contribution in [0.1, 0.15) is 19.8 Å². The highest BCUT2D eigenvalue weighted by atomic mass is 127. The molecule has 0 radical (unpaired) electrons. The van der Waals surface area contributed by atoms with Crippen molar-refractivity contribution >= 4 is 29.9 Å². The lowest BCUT2D eigenvalue weighted by molar-refractivity contribution is 0.277. The van der Waals surface area contributed by atoms with Crippen molar-refractivity contribution in [2.45, 2.75) is 26.3 Å². The summed E-state index contributed by atoms with van der Waals surface area (Å²) in [6.07, 6.45) is 6.15. The van der Waals surface area contributed by atoms with Gasteiger partial charge in [0.25, 0.3) is 0 Å². The molecule has 1 aromatic rings. The lowest BCUT2D eigenvalue weighted by atomic mass is 10.00. The normalized spacial score (nSPS) is 17.6. The van der Waals surface area contributed by atoms with Gasteiger partial charge in [-0.2, -0.15) is 5.10 Å². The largest absolute Gasteiger partial charge is 0.370 e. The Morgan fingerprint density at radius 3 is 2.78 bits per heavy atom. The van der Waals surface area contributed by atoms with Crippen LogP contribution in [0.25, 0.3) is 0 Å².